The molecule has 0 saturated carbocycles. The van der Waals surface area contributed by atoms with Gasteiger partial charge in [-0.1, -0.05) is 118 Å². The first-order valence-electron chi connectivity index (χ1n) is 13.1. The summed E-state index contributed by atoms with van der Waals surface area (Å²) in [5.74, 6) is 5.93. The number of hydrogen-bond donors (Lipinski definition) is 0. The molecular weight excluding hydrogens is 427 g/mol. The monoisotopic (exact) mass is 462 g/mol. The molecule has 4 rings (SSSR count). The Labute approximate surface area is 210 Å². The van der Waals surface area contributed by atoms with Crippen molar-refractivity contribution in [1.82, 2.24) is 0 Å². The van der Waals surface area contributed by atoms with Crippen LogP contribution in [0.4, 0.5) is 4.39 Å². The third kappa shape index (κ3) is 6.61. The van der Waals surface area contributed by atoms with Crippen molar-refractivity contribution < 1.29 is 4.39 Å². The maximum atomic E-state index is 15.0. The van der Waals surface area contributed by atoms with Crippen molar-refractivity contribution in [1.29, 1.82) is 0 Å². The minimum absolute atomic E-state index is 0.236. The zero-order valence-corrected chi connectivity index (χ0v) is 21.0. The Bertz CT molecular complexity index is 1300. The molecule has 0 saturated heterocycles. The van der Waals surface area contributed by atoms with E-state index in [-0.39, 0.29) is 5.82 Å². The standard InChI is InChI=1S/C34H35F/c1-3-5-6-7-8-10-26-11-17-29(18-12-26)30-19-13-27(14-20-30)15-21-31-22-23-32-25-28(9-4-2)16-24-33(32)34(31)35/h11-14,16-20,22-25H,3-10H2,1-2H3. The number of halogens is 1. The molecule has 4 aromatic rings. The molecule has 0 bridgehead atoms. The Morgan fingerprint density at radius 3 is 2.00 bits per heavy atom. The number of rotatable bonds is 9. The minimum atomic E-state index is -0.236. The van der Waals surface area contributed by atoms with Crippen molar-refractivity contribution in [3.8, 4) is 23.0 Å². The number of benzene rings is 4. The van der Waals surface area contributed by atoms with Crippen molar-refractivity contribution in [3.05, 3.63) is 107 Å². The van der Waals surface area contributed by atoms with E-state index in [0.29, 0.717) is 10.9 Å². The molecule has 4 aromatic carbocycles. The van der Waals surface area contributed by atoms with Crippen LogP contribution in [0.5, 0.6) is 0 Å². The number of unbranched alkanes of at least 4 members (excludes halogenated alkanes) is 4. The summed E-state index contributed by atoms with van der Waals surface area (Å²) in [5.41, 5.74) is 6.36. The normalized spacial score (nSPS) is 10.8. The highest BCUT2D eigenvalue weighted by Crippen LogP contribution is 2.24. The summed E-state index contributed by atoms with van der Waals surface area (Å²) in [6, 6.07) is 26.9. The van der Waals surface area contributed by atoms with Crippen molar-refractivity contribution in [2.45, 2.75) is 65.2 Å². The molecule has 0 amide bonds. The summed E-state index contributed by atoms with van der Waals surface area (Å²) < 4.78 is 15.0. The van der Waals surface area contributed by atoms with Gasteiger partial charge in [-0.3, -0.25) is 0 Å². The Kier molecular flexibility index (Phi) is 8.74. The van der Waals surface area contributed by atoms with E-state index in [1.165, 1.54) is 54.4 Å². The summed E-state index contributed by atoms with van der Waals surface area (Å²) in [7, 11) is 0. The molecule has 0 heterocycles. The highest BCUT2D eigenvalue weighted by atomic mass is 19.1. The van der Waals surface area contributed by atoms with Crippen molar-refractivity contribution in [3.63, 3.8) is 0 Å². The number of hydrogen-bond acceptors (Lipinski definition) is 0. The molecule has 0 aromatic heterocycles. The van der Waals surface area contributed by atoms with Crippen LogP contribution in [0.1, 0.15) is 74.6 Å². The first kappa shape index (κ1) is 24.7. The van der Waals surface area contributed by atoms with Gasteiger partial charge in [0.25, 0.3) is 0 Å². The summed E-state index contributed by atoms with van der Waals surface area (Å²) in [6.45, 7) is 4.41. The van der Waals surface area contributed by atoms with Gasteiger partial charge in [-0.05, 0) is 65.1 Å². The van der Waals surface area contributed by atoms with Crippen molar-refractivity contribution in [2.75, 3.05) is 0 Å². The second-order valence-electron chi connectivity index (χ2n) is 9.42. The zero-order valence-electron chi connectivity index (χ0n) is 21.0. The summed E-state index contributed by atoms with van der Waals surface area (Å²) in [4.78, 5) is 0. The highest BCUT2D eigenvalue weighted by Gasteiger charge is 2.06. The summed E-state index contributed by atoms with van der Waals surface area (Å²) in [6.07, 6.45) is 9.82. The molecule has 0 aliphatic heterocycles. The second-order valence-corrected chi connectivity index (χ2v) is 9.42. The lowest BCUT2D eigenvalue weighted by Crippen LogP contribution is -1.89. The second kappa shape index (κ2) is 12.4. The van der Waals surface area contributed by atoms with E-state index < -0.39 is 0 Å². The predicted molar refractivity (Wildman–Crippen MR) is 148 cm³/mol. The van der Waals surface area contributed by atoms with Gasteiger partial charge in [0, 0.05) is 10.9 Å². The zero-order chi connectivity index (χ0) is 24.5. The van der Waals surface area contributed by atoms with Crippen LogP contribution in [0.3, 0.4) is 0 Å². The van der Waals surface area contributed by atoms with Crippen LogP contribution in [-0.2, 0) is 12.8 Å². The van der Waals surface area contributed by atoms with Crippen LogP contribution >= 0.6 is 0 Å². The van der Waals surface area contributed by atoms with Crippen LogP contribution in [-0.4, -0.2) is 0 Å². The Morgan fingerprint density at radius 2 is 1.29 bits per heavy atom. The number of aryl methyl sites for hydroxylation is 2. The van der Waals surface area contributed by atoms with E-state index in [0.717, 1.165) is 30.2 Å². The lowest BCUT2D eigenvalue weighted by atomic mass is 10.00. The molecule has 0 spiro atoms. The van der Waals surface area contributed by atoms with Gasteiger partial charge < -0.3 is 0 Å². The molecule has 0 fully saturated rings. The molecule has 0 aliphatic rings. The summed E-state index contributed by atoms with van der Waals surface area (Å²) in [5, 5.41) is 1.57. The van der Waals surface area contributed by atoms with Gasteiger partial charge in [0.15, 0.2) is 0 Å². The van der Waals surface area contributed by atoms with Gasteiger partial charge in [0.05, 0.1) is 5.56 Å². The maximum absolute atomic E-state index is 15.0. The van der Waals surface area contributed by atoms with E-state index in [1.807, 2.05) is 30.3 Å². The van der Waals surface area contributed by atoms with E-state index >= 15 is 4.39 Å². The molecule has 178 valence electrons. The molecule has 1 heteroatoms. The van der Waals surface area contributed by atoms with Gasteiger partial charge in [-0.2, -0.15) is 0 Å². The third-order valence-electron chi connectivity index (χ3n) is 6.64. The molecule has 35 heavy (non-hydrogen) atoms. The average Bonchev–Trinajstić information content (AvgIpc) is 2.89. The molecule has 0 nitrogen and oxygen atoms in total. The molecule has 0 aliphatic carbocycles. The predicted octanol–water partition coefficient (Wildman–Crippen LogP) is 9.51. The van der Waals surface area contributed by atoms with Crippen LogP contribution in [0.25, 0.3) is 21.9 Å². The molecule has 0 N–H and O–H groups in total. The lowest BCUT2D eigenvalue weighted by molar-refractivity contribution is 0.632. The fourth-order valence-corrected chi connectivity index (χ4v) is 4.56. The van der Waals surface area contributed by atoms with Crippen LogP contribution in [0.2, 0.25) is 0 Å². The largest absolute Gasteiger partial charge is 0.205 e. The van der Waals surface area contributed by atoms with Gasteiger partial charge in [0.1, 0.15) is 5.82 Å². The van der Waals surface area contributed by atoms with E-state index in [2.05, 4.69) is 68.2 Å². The first-order chi connectivity index (χ1) is 17.2. The fourth-order valence-electron chi connectivity index (χ4n) is 4.56. The Morgan fingerprint density at radius 1 is 0.600 bits per heavy atom. The topological polar surface area (TPSA) is 0 Å². The average molecular weight is 463 g/mol. The summed E-state index contributed by atoms with van der Waals surface area (Å²) >= 11 is 0. The lowest BCUT2D eigenvalue weighted by Gasteiger charge is -2.06. The smallest absolute Gasteiger partial charge is 0.146 e. The molecule has 0 radical (unpaired) electrons. The highest BCUT2D eigenvalue weighted by molar-refractivity contribution is 5.85. The van der Waals surface area contributed by atoms with E-state index in [9.17, 15) is 0 Å². The van der Waals surface area contributed by atoms with E-state index in [1.54, 1.807) is 6.07 Å². The van der Waals surface area contributed by atoms with Gasteiger partial charge in [-0.15, -0.1) is 0 Å². The van der Waals surface area contributed by atoms with Crippen molar-refractivity contribution in [2.24, 2.45) is 0 Å². The first-order valence-corrected chi connectivity index (χ1v) is 13.1. The molecular formula is C34H35F. The quantitative estimate of drug-likeness (QED) is 0.172. The van der Waals surface area contributed by atoms with Crippen molar-refractivity contribution >= 4 is 10.8 Å². The van der Waals surface area contributed by atoms with Gasteiger partial charge in [0.2, 0.25) is 0 Å². The third-order valence-corrected chi connectivity index (χ3v) is 6.64. The minimum Gasteiger partial charge on any atom is -0.205 e. The molecule has 0 unspecified atom stereocenters. The van der Waals surface area contributed by atoms with Gasteiger partial charge in [-0.25, -0.2) is 4.39 Å². The SMILES string of the molecule is CCCCCCCc1ccc(-c2ccc(C#Cc3ccc4cc(CCC)ccc4c3F)cc2)cc1. The van der Waals surface area contributed by atoms with E-state index in [4.69, 9.17) is 0 Å². The van der Waals surface area contributed by atoms with Gasteiger partial charge >= 0.3 is 0 Å². The van der Waals surface area contributed by atoms with Crippen LogP contribution in [0, 0.1) is 17.7 Å². The molecule has 0 atom stereocenters. The Balaban J connectivity index is 1.42. The Hall–Kier alpha value is -3.37. The van der Waals surface area contributed by atoms with Crippen LogP contribution < -0.4 is 0 Å². The fraction of sp³-hybridized carbons (Fsp3) is 0.294. The maximum Gasteiger partial charge on any atom is 0.146 e. The number of fused-ring (bicyclic) bond motifs is 1. The van der Waals surface area contributed by atoms with Crippen LogP contribution in [0.15, 0.2) is 78.9 Å².